The number of carbonyl (C=O) groups excluding carboxylic acids is 1. The van der Waals surface area contributed by atoms with Crippen molar-refractivity contribution in [2.24, 2.45) is 0 Å². The van der Waals surface area contributed by atoms with Gasteiger partial charge in [-0.3, -0.25) is 9.10 Å². The largest absolute Gasteiger partial charge is 0.309 e. The Kier molecular flexibility index (Phi) is 5.56. The summed E-state index contributed by atoms with van der Waals surface area (Å²) in [6, 6.07) is 15.5. The lowest BCUT2D eigenvalue weighted by Crippen LogP contribution is -2.37. The number of fused-ring (bicyclic) bond motifs is 1. The minimum Gasteiger partial charge on any atom is -0.309 e. The van der Waals surface area contributed by atoms with Crippen LogP contribution in [0.15, 0.2) is 48.5 Å². The SMILES string of the molecule is Cc1ccccc1N(CCCC(=O)N1c2ccccc2CC1C)S(C)(=O)=O. The maximum Gasteiger partial charge on any atom is 0.232 e. The van der Waals surface area contributed by atoms with E-state index in [1.807, 2.05) is 55.1 Å². The molecule has 0 N–H and O–H groups in total. The van der Waals surface area contributed by atoms with Gasteiger partial charge in [0.15, 0.2) is 0 Å². The van der Waals surface area contributed by atoms with E-state index in [2.05, 4.69) is 6.07 Å². The van der Waals surface area contributed by atoms with E-state index in [9.17, 15) is 13.2 Å². The third kappa shape index (κ3) is 4.16. The number of rotatable bonds is 6. The smallest absolute Gasteiger partial charge is 0.232 e. The van der Waals surface area contributed by atoms with Crippen LogP contribution in [0.5, 0.6) is 0 Å². The van der Waals surface area contributed by atoms with Crippen LogP contribution in [-0.2, 0) is 21.2 Å². The molecule has 0 radical (unpaired) electrons. The summed E-state index contributed by atoms with van der Waals surface area (Å²) in [5, 5.41) is 0. The van der Waals surface area contributed by atoms with Crippen LogP contribution in [-0.4, -0.2) is 33.2 Å². The van der Waals surface area contributed by atoms with Crippen LogP contribution in [0.25, 0.3) is 0 Å². The molecular formula is C21H26N2O3S. The number of hydrogen-bond acceptors (Lipinski definition) is 3. The van der Waals surface area contributed by atoms with Gasteiger partial charge in [-0.25, -0.2) is 8.42 Å². The number of anilines is 2. The van der Waals surface area contributed by atoms with Gasteiger partial charge in [-0.05, 0) is 49.9 Å². The molecule has 5 nitrogen and oxygen atoms in total. The maximum atomic E-state index is 12.8. The fourth-order valence-electron chi connectivity index (χ4n) is 3.75. The predicted molar refractivity (Wildman–Crippen MR) is 110 cm³/mol. The lowest BCUT2D eigenvalue weighted by molar-refractivity contribution is -0.118. The Morgan fingerprint density at radius 1 is 1.15 bits per heavy atom. The summed E-state index contributed by atoms with van der Waals surface area (Å²) in [4.78, 5) is 14.7. The molecule has 0 spiro atoms. The van der Waals surface area contributed by atoms with Gasteiger partial charge in [0.25, 0.3) is 0 Å². The number of para-hydroxylation sites is 2. The van der Waals surface area contributed by atoms with E-state index in [0.29, 0.717) is 25.1 Å². The summed E-state index contributed by atoms with van der Waals surface area (Å²) in [6.45, 7) is 4.23. The number of sulfonamides is 1. The lowest BCUT2D eigenvalue weighted by Gasteiger charge is -2.26. The fourth-order valence-corrected chi connectivity index (χ4v) is 4.77. The number of aryl methyl sites for hydroxylation is 1. The maximum absolute atomic E-state index is 12.8. The van der Waals surface area contributed by atoms with E-state index in [0.717, 1.165) is 17.7 Å². The Labute approximate surface area is 161 Å². The minimum atomic E-state index is -3.41. The van der Waals surface area contributed by atoms with Crippen LogP contribution in [0.3, 0.4) is 0 Å². The Morgan fingerprint density at radius 3 is 2.52 bits per heavy atom. The molecule has 0 fully saturated rings. The zero-order valence-corrected chi connectivity index (χ0v) is 16.9. The van der Waals surface area contributed by atoms with Gasteiger partial charge in [0.1, 0.15) is 0 Å². The normalized spacial score (nSPS) is 16.3. The number of carbonyl (C=O) groups is 1. The van der Waals surface area contributed by atoms with Crippen molar-refractivity contribution >= 4 is 27.3 Å². The molecule has 6 heteroatoms. The van der Waals surface area contributed by atoms with Crippen LogP contribution in [0, 0.1) is 6.92 Å². The zero-order chi connectivity index (χ0) is 19.6. The summed E-state index contributed by atoms with van der Waals surface area (Å²) in [5.74, 6) is 0.0469. The molecule has 2 aromatic rings. The minimum absolute atomic E-state index is 0.0469. The molecule has 144 valence electrons. The van der Waals surface area contributed by atoms with Gasteiger partial charge in [-0.15, -0.1) is 0 Å². The van der Waals surface area contributed by atoms with Crippen molar-refractivity contribution in [2.75, 3.05) is 22.0 Å². The van der Waals surface area contributed by atoms with Gasteiger partial charge in [0.2, 0.25) is 15.9 Å². The molecule has 0 aliphatic carbocycles. The molecule has 1 aliphatic heterocycles. The second-order valence-corrected chi connectivity index (χ2v) is 9.08. The molecule has 2 aromatic carbocycles. The summed E-state index contributed by atoms with van der Waals surface area (Å²) < 4.78 is 25.9. The van der Waals surface area contributed by atoms with Crippen molar-refractivity contribution in [1.29, 1.82) is 0 Å². The first kappa shape index (κ1) is 19.4. The molecule has 0 saturated carbocycles. The van der Waals surface area contributed by atoms with Crippen LogP contribution < -0.4 is 9.21 Å². The van der Waals surface area contributed by atoms with Crippen LogP contribution in [0.4, 0.5) is 11.4 Å². The van der Waals surface area contributed by atoms with E-state index in [1.54, 1.807) is 6.07 Å². The Bertz CT molecular complexity index is 940. The van der Waals surface area contributed by atoms with Crippen LogP contribution >= 0.6 is 0 Å². The highest BCUT2D eigenvalue weighted by Gasteiger charge is 2.30. The van der Waals surface area contributed by atoms with Gasteiger partial charge in [-0.2, -0.15) is 0 Å². The molecular weight excluding hydrogens is 360 g/mol. The van der Waals surface area contributed by atoms with Crippen molar-refractivity contribution in [3.8, 4) is 0 Å². The van der Waals surface area contributed by atoms with Gasteiger partial charge in [0, 0.05) is 24.7 Å². The van der Waals surface area contributed by atoms with E-state index >= 15 is 0 Å². The first-order chi connectivity index (χ1) is 12.8. The van der Waals surface area contributed by atoms with Gasteiger partial charge < -0.3 is 4.90 Å². The summed E-state index contributed by atoms with van der Waals surface area (Å²) >= 11 is 0. The highest BCUT2D eigenvalue weighted by molar-refractivity contribution is 7.92. The van der Waals surface area contributed by atoms with Gasteiger partial charge in [0.05, 0.1) is 11.9 Å². The second kappa shape index (κ2) is 7.72. The molecule has 0 bridgehead atoms. The Balaban J connectivity index is 1.69. The van der Waals surface area contributed by atoms with Gasteiger partial charge in [-0.1, -0.05) is 36.4 Å². The fraction of sp³-hybridized carbons (Fsp3) is 0.381. The van der Waals surface area contributed by atoms with Crippen LogP contribution in [0.2, 0.25) is 0 Å². The predicted octanol–water partition coefficient (Wildman–Crippen LogP) is 3.52. The van der Waals surface area contributed by atoms with Crippen molar-refractivity contribution < 1.29 is 13.2 Å². The highest BCUT2D eigenvalue weighted by Crippen LogP contribution is 2.32. The van der Waals surface area contributed by atoms with Crippen molar-refractivity contribution in [3.05, 3.63) is 59.7 Å². The summed E-state index contributed by atoms with van der Waals surface area (Å²) in [7, 11) is -3.41. The summed E-state index contributed by atoms with van der Waals surface area (Å²) in [5.41, 5.74) is 3.74. The zero-order valence-electron chi connectivity index (χ0n) is 16.1. The monoisotopic (exact) mass is 386 g/mol. The van der Waals surface area contributed by atoms with Crippen LogP contribution in [0.1, 0.15) is 30.9 Å². The topological polar surface area (TPSA) is 57.7 Å². The lowest BCUT2D eigenvalue weighted by atomic mass is 10.1. The summed E-state index contributed by atoms with van der Waals surface area (Å²) in [6.07, 6.45) is 2.86. The molecule has 1 atom stereocenters. The molecule has 3 rings (SSSR count). The first-order valence-electron chi connectivity index (χ1n) is 9.22. The Hall–Kier alpha value is -2.34. The third-order valence-electron chi connectivity index (χ3n) is 5.01. The third-order valence-corrected chi connectivity index (χ3v) is 6.19. The number of benzene rings is 2. The highest BCUT2D eigenvalue weighted by atomic mass is 32.2. The first-order valence-corrected chi connectivity index (χ1v) is 11.1. The molecule has 1 heterocycles. The molecule has 0 saturated heterocycles. The molecule has 27 heavy (non-hydrogen) atoms. The Morgan fingerprint density at radius 2 is 1.81 bits per heavy atom. The average Bonchev–Trinajstić information content (AvgIpc) is 2.94. The van der Waals surface area contributed by atoms with Gasteiger partial charge >= 0.3 is 0 Å². The van der Waals surface area contributed by atoms with E-state index < -0.39 is 10.0 Å². The standard InChI is InChI=1S/C21H26N2O3S/c1-16-9-4-6-11-19(16)22(27(3,25)26)14-8-13-21(24)23-17(2)15-18-10-5-7-12-20(18)23/h4-7,9-12,17H,8,13-15H2,1-3H3. The molecule has 0 aromatic heterocycles. The van der Waals surface area contributed by atoms with E-state index in [1.165, 1.54) is 16.1 Å². The molecule has 1 amide bonds. The average molecular weight is 387 g/mol. The number of nitrogens with zero attached hydrogens (tertiary/aromatic N) is 2. The molecule has 1 aliphatic rings. The van der Waals surface area contributed by atoms with E-state index in [4.69, 9.17) is 0 Å². The second-order valence-electron chi connectivity index (χ2n) is 7.17. The number of hydrogen-bond donors (Lipinski definition) is 0. The molecule has 1 unspecified atom stereocenters. The van der Waals surface area contributed by atoms with Crippen molar-refractivity contribution in [2.45, 2.75) is 39.2 Å². The van der Waals surface area contributed by atoms with Crippen molar-refractivity contribution in [1.82, 2.24) is 0 Å². The number of amides is 1. The van der Waals surface area contributed by atoms with E-state index in [-0.39, 0.29) is 11.9 Å². The van der Waals surface area contributed by atoms with Crippen molar-refractivity contribution in [3.63, 3.8) is 0 Å². The quantitative estimate of drug-likeness (QED) is 0.763.